The molecule has 2 amide bonds. The minimum absolute atomic E-state index is 0.193. The van der Waals surface area contributed by atoms with Gasteiger partial charge in [0.25, 0.3) is 0 Å². The number of hydrogen-bond donors (Lipinski definition) is 2. The van der Waals surface area contributed by atoms with Gasteiger partial charge in [-0.15, -0.1) is 0 Å². The lowest BCUT2D eigenvalue weighted by Gasteiger charge is -2.14. The van der Waals surface area contributed by atoms with Gasteiger partial charge in [0.2, 0.25) is 11.8 Å². The highest BCUT2D eigenvalue weighted by atomic mass is 16.2. The van der Waals surface area contributed by atoms with Crippen molar-refractivity contribution in [2.45, 2.75) is 213 Å². The summed E-state index contributed by atoms with van der Waals surface area (Å²) in [7, 11) is 0. The number of rotatable bonds is 33. The lowest BCUT2D eigenvalue weighted by Crippen LogP contribution is -2.32. The summed E-state index contributed by atoms with van der Waals surface area (Å²) in [4.78, 5) is 24.3. The van der Waals surface area contributed by atoms with Crippen LogP contribution < -0.4 is 10.6 Å². The molecule has 0 saturated carbocycles. The topological polar surface area (TPSA) is 58.2 Å². The molecule has 0 bridgehead atoms. The van der Waals surface area contributed by atoms with Gasteiger partial charge < -0.3 is 10.6 Å². The maximum absolute atomic E-state index is 12.2. The summed E-state index contributed by atoms with van der Waals surface area (Å²) in [6, 6.07) is 0.219. The van der Waals surface area contributed by atoms with Crippen LogP contribution in [-0.2, 0) is 9.59 Å². The fraction of sp³-hybridized carbons (Fsp3) is 0.895. The molecule has 0 radical (unpaired) electrons. The Kier molecular flexibility index (Phi) is 33.1. The van der Waals surface area contributed by atoms with Crippen molar-refractivity contribution in [2.75, 3.05) is 6.54 Å². The first-order chi connectivity index (χ1) is 20.6. The molecule has 2 N–H and O–H groups in total. The summed E-state index contributed by atoms with van der Waals surface area (Å²) in [5, 5.41) is 6.23. The van der Waals surface area contributed by atoms with Gasteiger partial charge in [-0.1, -0.05) is 148 Å². The van der Waals surface area contributed by atoms with Crippen LogP contribution in [0.1, 0.15) is 207 Å². The van der Waals surface area contributed by atoms with Crippen molar-refractivity contribution in [3.63, 3.8) is 0 Å². The second kappa shape index (κ2) is 34.2. The van der Waals surface area contributed by atoms with Gasteiger partial charge in [-0.3, -0.25) is 9.59 Å². The molecule has 4 nitrogen and oxygen atoms in total. The number of allylic oxidation sites excluding steroid dienone is 2. The molecule has 1 atom stereocenters. The van der Waals surface area contributed by atoms with Crippen molar-refractivity contribution >= 4 is 11.8 Å². The molecule has 4 heteroatoms. The lowest BCUT2D eigenvalue weighted by molar-refractivity contribution is -0.122. The molecule has 0 heterocycles. The Hall–Kier alpha value is -1.32. The van der Waals surface area contributed by atoms with Gasteiger partial charge in [0.15, 0.2) is 0 Å². The molecule has 0 aromatic heterocycles. The number of carbonyl (C=O) groups excluding carboxylic acids is 2. The van der Waals surface area contributed by atoms with Crippen LogP contribution >= 0.6 is 0 Å². The second-order valence-corrected chi connectivity index (χ2v) is 12.9. The van der Waals surface area contributed by atoms with Gasteiger partial charge in [0.1, 0.15) is 0 Å². The van der Waals surface area contributed by atoms with E-state index in [9.17, 15) is 9.59 Å². The van der Waals surface area contributed by atoms with E-state index in [-0.39, 0.29) is 17.9 Å². The zero-order valence-electron chi connectivity index (χ0n) is 28.8. The predicted octanol–water partition coefficient (Wildman–Crippen LogP) is 11.5. The standard InChI is InChI=1S/C38H74N2O2/c1-4-6-8-10-12-14-16-17-18-19-21-23-25-27-29-34-38(42)40-36(3)32-30-31-35-39-37(41)33-28-26-24-22-20-15-13-11-9-7-5-2/h11,13,36H,4-10,12,14-35H2,1-3H3,(H,39,41)(H,40,42)/b13-11-/t36-/m1/s1. The van der Waals surface area contributed by atoms with Crippen LogP contribution in [-0.4, -0.2) is 24.4 Å². The van der Waals surface area contributed by atoms with Crippen molar-refractivity contribution in [1.82, 2.24) is 10.6 Å². The lowest BCUT2D eigenvalue weighted by atomic mass is 10.0. The van der Waals surface area contributed by atoms with Crippen molar-refractivity contribution in [3.05, 3.63) is 12.2 Å². The van der Waals surface area contributed by atoms with Crippen molar-refractivity contribution in [3.8, 4) is 0 Å². The summed E-state index contributed by atoms with van der Waals surface area (Å²) in [5.74, 6) is 0.396. The Balaban J connectivity index is 3.39. The van der Waals surface area contributed by atoms with E-state index in [0.717, 1.165) is 45.1 Å². The summed E-state index contributed by atoms with van der Waals surface area (Å²) < 4.78 is 0. The molecule has 0 aliphatic rings. The van der Waals surface area contributed by atoms with Gasteiger partial charge in [0.05, 0.1) is 0 Å². The van der Waals surface area contributed by atoms with Crippen LogP contribution in [0.3, 0.4) is 0 Å². The second-order valence-electron chi connectivity index (χ2n) is 12.9. The van der Waals surface area contributed by atoms with Crippen LogP contribution in [0, 0.1) is 0 Å². The largest absolute Gasteiger partial charge is 0.356 e. The van der Waals surface area contributed by atoms with Gasteiger partial charge in [0, 0.05) is 25.4 Å². The average Bonchev–Trinajstić information content (AvgIpc) is 2.97. The smallest absolute Gasteiger partial charge is 0.220 e. The van der Waals surface area contributed by atoms with Gasteiger partial charge >= 0.3 is 0 Å². The molecule has 42 heavy (non-hydrogen) atoms. The molecule has 0 spiro atoms. The van der Waals surface area contributed by atoms with E-state index in [1.54, 1.807) is 0 Å². The summed E-state index contributed by atoms with van der Waals surface area (Å²) in [5.41, 5.74) is 0. The molecule has 0 saturated heterocycles. The first kappa shape index (κ1) is 40.7. The first-order valence-electron chi connectivity index (χ1n) is 18.8. The number of nitrogens with one attached hydrogen (secondary N) is 2. The summed E-state index contributed by atoms with van der Waals surface area (Å²) in [6.07, 6.45) is 40.2. The first-order valence-corrected chi connectivity index (χ1v) is 18.8. The highest BCUT2D eigenvalue weighted by Crippen LogP contribution is 2.14. The molecule has 0 aliphatic heterocycles. The highest BCUT2D eigenvalue weighted by molar-refractivity contribution is 5.76. The fourth-order valence-corrected chi connectivity index (χ4v) is 5.60. The molecule has 0 aromatic rings. The minimum atomic E-state index is 0.193. The predicted molar refractivity (Wildman–Crippen MR) is 185 cm³/mol. The Morgan fingerprint density at radius 1 is 0.500 bits per heavy atom. The number of carbonyl (C=O) groups is 2. The molecule has 248 valence electrons. The Labute approximate surface area is 263 Å². The van der Waals surface area contributed by atoms with Crippen molar-refractivity contribution < 1.29 is 9.59 Å². The van der Waals surface area contributed by atoms with E-state index < -0.39 is 0 Å². The summed E-state index contributed by atoms with van der Waals surface area (Å²) >= 11 is 0. The van der Waals surface area contributed by atoms with E-state index in [1.807, 2.05) is 0 Å². The molecule has 0 aromatic carbocycles. The fourth-order valence-electron chi connectivity index (χ4n) is 5.60. The van der Waals surface area contributed by atoms with Crippen LogP contribution in [0.15, 0.2) is 12.2 Å². The Bertz CT molecular complexity index is 604. The summed E-state index contributed by atoms with van der Waals surface area (Å²) in [6.45, 7) is 7.38. The maximum atomic E-state index is 12.2. The van der Waals surface area contributed by atoms with Crippen molar-refractivity contribution in [1.29, 1.82) is 0 Å². The normalized spacial score (nSPS) is 12.2. The zero-order valence-corrected chi connectivity index (χ0v) is 28.8. The number of amides is 2. The van der Waals surface area contributed by atoms with Crippen LogP contribution in [0.5, 0.6) is 0 Å². The molecule has 0 fully saturated rings. The Morgan fingerprint density at radius 2 is 0.929 bits per heavy atom. The van der Waals surface area contributed by atoms with Gasteiger partial charge in [-0.2, -0.15) is 0 Å². The average molecular weight is 591 g/mol. The quantitative estimate of drug-likeness (QED) is 0.0590. The van der Waals surface area contributed by atoms with Crippen molar-refractivity contribution in [2.24, 2.45) is 0 Å². The van der Waals surface area contributed by atoms with E-state index in [4.69, 9.17) is 0 Å². The van der Waals surface area contributed by atoms with Crippen LogP contribution in [0.25, 0.3) is 0 Å². The molecule has 0 rings (SSSR count). The number of unbranched alkanes of at least 4 members (excludes halogenated alkanes) is 22. The Morgan fingerprint density at radius 3 is 1.45 bits per heavy atom. The monoisotopic (exact) mass is 591 g/mol. The van der Waals surface area contributed by atoms with Gasteiger partial charge in [-0.05, 0) is 58.3 Å². The van der Waals surface area contributed by atoms with Gasteiger partial charge in [-0.25, -0.2) is 0 Å². The van der Waals surface area contributed by atoms with Crippen LogP contribution in [0.2, 0.25) is 0 Å². The van der Waals surface area contributed by atoms with E-state index in [2.05, 4.69) is 43.6 Å². The molecular weight excluding hydrogens is 516 g/mol. The SMILES string of the molecule is CCCC/C=C\CCCCCCCC(=O)NCCCC[C@@H](C)NC(=O)CCCCCCCCCCCCCCCCC. The van der Waals surface area contributed by atoms with E-state index in [0.29, 0.717) is 12.8 Å². The molecule has 0 aliphatic carbocycles. The zero-order chi connectivity index (χ0) is 30.8. The maximum Gasteiger partial charge on any atom is 0.220 e. The third-order valence-electron chi connectivity index (χ3n) is 8.47. The van der Waals surface area contributed by atoms with Crippen LogP contribution in [0.4, 0.5) is 0 Å². The number of hydrogen-bond acceptors (Lipinski definition) is 2. The third-order valence-corrected chi connectivity index (χ3v) is 8.47. The van der Waals surface area contributed by atoms with E-state index >= 15 is 0 Å². The molecular formula is C38H74N2O2. The minimum Gasteiger partial charge on any atom is -0.356 e. The molecule has 0 unspecified atom stereocenters. The van der Waals surface area contributed by atoms with E-state index in [1.165, 1.54) is 135 Å². The third kappa shape index (κ3) is 33.2. The highest BCUT2D eigenvalue weighted by Gasteiger charge is 2.07.